The maximum absolute atomic E-state index is 10.6. The van der Waals surface area contributed by atoms with Gasteiger partial charge in [-0.1, -0.05) is 5.92 Å². The topological polar surface area (TPSA) is 68.1 Å². The van der Waals surface area contributed by atoms with Crippen LogP contribution in [0.1, 0.15) is 17.7 Å². The molecule has 0 spiro atoms. The van der Waals surface area contributed by atoms with Crippen molar-refractivity contribution in [3.63, 3.8) is 0 Å². The van der Waals surface area contributed by atoms with Gasteiger partial charge in [-0.2, -0.15) is 0 Å². The van der Waals surface area contributed by atoms with Crippen LogP contribution in [-0.2, 0) is 9.53 Å². The van der Waals surface area contributed by atoms with Gasteiger partial charge in [-0.15, -0.1) is 0 Å². The number of nitrogens with one attached hydrogen (secondary N) is 1. The summed E-state index contributed by atoms with van der Waals surface area (Å²) < 4.78 is 13.1. The van der Waals surface area contributed by atoms with Crippen molar-refractivity contribution in [3.05, 3.63) is 60.0 Å². The van der Waals surface area contributed by atoms with Gasteiger partial charge in [0.1, 0.15) is 17.1 Å². The highest BCUT2D eigenvalue weighted by molar-refractivity contribution is 5.73. The number of hydrogen-bond acceptors (Lipinski definition) is 5. The van der Waals surface area contributed by atoms with E-state index in [-0.39, 0.29) is 0 Å². The van der Waals surface area contributed by atoms with Crippen molar-refractivity contribution >= 4 is 17.7 Å². The number of benzene rings is 1. The SMILES string of the molecule is O=CNc1ccn2cc(C#Cc3ccc(OCCCN4CCOCC4)cc3)nc2c1. The van der Waals surface area contributed by atoms with E-state index in [2.05, 4.69) is 27.0 Å². The highest BCUT2D eigenvalue weighted by Crippen LogP contribution is 2.13. The van der Waals surface area contributed by atoms with Gasteiger partial charge in [0.15, 0.2) is 0 Å². The molecule has 0 aliphatic carbocycles. The van der Waals surface area contributed by atoms with E-state index in [1.165, 1.54) is 0 Å². The quantitative estimate of drug-likeness (QED) is 0.372. The lowest BCUT2D eigenvalue weighted by molar-refractivity contribution is -0.105. The number of amides is 1. The number of pyridine rings is 1. The average Bonchev–Trinajstić information content (AvgIpc) is 3.19. The molecule has 0 atom stereocenters. The van der Waals surface area contributed by atoms with Crippen molar-refractivity contribution in [2.45, 2.75) is 6.42 Å². The van der Waals surface area contributed by atoms with Crippen LogP contribution >= 0.6 is 0 Å². The summed E-state index contributed by atoms with van der Waals surface area (Å²) in [6.07, 6.45) is 5.34. The number of ether oxygens (including phenoxy) is 2. The van der Waals surface area contributed by atoms with Crippen LogP contribution in [0.4, 0.5) is 5.69 Å². The number of nitrogens with zero attached hydrogens (tertiary/aromatic N) is 3. The van der Waals surface area contributed by atoms with Crippen molar-refractivity contribution < 1.29 is 14.3 Å². The number of carbonyl (C=O) groups excluding carboxylic acids is 1. The lowest BCUT2D eigenvalue weighted by Crippen LogP contribution is -2.37. The lowest BCUT2D eigenvalue weighted by atomic mass is 10.2. The van der Waals surface area contributed by atoms with Gasteiger partial charge in [-0.25, -0.2) is 4.98 Å². The molecule has 0 bridgehead atoms. The summed E-state index contributed by atoms with van der Waals surface area (Å²) in [6, 6.07) is 11.4. The van der Waals surface area contributed by atoms with E-state index in [4.69, 9.17) is 9.47 Å². The first-order valence-electron chi connectivity index (χ1n) is 10.0. The molecule has 1 amide bonds. The zero-order valence-corrected chi connectivity index (χ0v) is 16.7. The molecule has 3 aromatic rings. The summed E-state index contributed by atoms with van der Waals surface area (Å²) in [4.78, 5) is 17.4. The second-order valence-corrected chi connectivity index (χ2v) is 7.00. The minimum Gasteiger partial charge on any atom is -0.494 e. The molecule has 1 aliphatic heterocycles. The molecule has 0 radical (unpaired) electrons. The van der Waals surface area contributed by atoms with Crippen LogP contribution in [0.25, 0.3) is 5.65 Å². The maximum Gasteiger partial charge on any atom is 0.211 e. The molecular weight excluding hydrogens is 380 g/mol. The lowest BCUT2D eigenvalue weighted by Gasteiger charge is -2.26. The van der Waals surface area contributed by atoms with Crippen LogP contribution in [-0.4, -0.2) is 60.1 Å². The van der Waals surface area contributed by atoms with Crippen molar-refractivity contribution in [2.24, 2.45) is 0 Å². The molecule has 2 aromatic heterocycles. The Bertz CT molecular complexity index is 1040. The number of aromatic nitrogens is 2. The summed E-state index contributed by atoms with van der Waals surface area (Å²) in [5.74, 6) is 7.06. The zero-order valence-electron chi connectivity index (χ0n) is 16.7. The van der Waals surface area contributed by atoms with Crippen LogP contribution in [0.5, 0.6) is 5.75 Å². The summed E-state index contributed by atoms with van der Waals surface area (Å²) in [7, 11) is 0. The first kappa shape index (κ1) is 20.0. The molecule has 0 saturated carbocycles. The van der Waals surface area contributed by atoms with Gasteiger partial charge >= 0.3 is 0 Å². The van der Waals surface area contributed by atoms with Crippen LogP contribution in [0.15, 0.2) is 48.8 Å². The highest BCUT2D eigenvalue weighted by atomic mass is 16.5. The zero-order chi connectivity index (χ0) is 20.6. The Morgan fingerprint density at radius 2 is 2.00 bits per heavy atom. The average molecular weight is 404 g/mol. The Labute approximate surface area is 175 Å². The van der Waals surface area contributed by atoms with Gasteiger partial charge in [-0.3, -0.25) is 9.69 Å². The predicted octanol–water partition coefficient (Wildman–Crippen LogP) is 2.40. The molecule has 1 N–H and O–H groups in total. The predicted molar refractivity (Wildman–Crippen MR) is 115 cm³/mol. The number of morpholine rings is 1. The van der Waals surface area contributed by atoms with E-state index in [1.807, 2.05) is 41.1 Å². The van der Waals surface area contributed by atoms with Crippen LogP contribution < -0.4 is 10.1 Å². The van der Waals surface area contributed by atoms with Gasteiger partial charge in [0.2, 0.25) is 6.41 Å². The minimum absolute atomic E-state index is 0.646. The highest BCUT2D eigenvalue weighted by Gasteiger charge is 2.09. The molecule has 1 saturated heterocycles. The third-order valence-corrected chi connectivity index (χ3v) is 4.87. The number of rotatable bonds is 7. The molecule has 4 rings (SSSR count). The Hall–Kier alpha value is -3.34. The second-order valence-electron chi connectivity index (χ2n) is 7.00. The number of carbonyl (C=O) groups is 1. The minimum atomic E-state index is 0.646. The molecule has 3 heterocycles. The van der Waals surface area contributed by atoms with Gasteiger partial charge in [-0.05, 0) is 42.7 Å². The molecule has 30 heavy (non-hydrogen) atoms. The first-order valence-corrected chi connectivity index (χ1v) is 10.0. The van der Waals surface area contributed by atoms with Gasteiger partial charge < -0.3 is 19.2 Å². The molecule has 0 unspecified atom stereocenters. The molecule has 7 heteroatoms. The number of fused-ring (bicyclic) bond motifs is 1. The van der Waals surface area contributed by atoms with Gasteiger partial charge in [0, 0.05) is 49.3 Å². The smallest absolute Gasteiger partial charge is 0.211 e. The number of hydrogen-bond donors (Lipinski definition) is 1. The normalized spacial score (nSPS) is 14.1. The third-order valence-electron chi connectivity index (χ3n) is 4.87. The van der Waals surface area contributed by atoms with Crippen molar-refractivity contribution in [3.8, 4) is 17.6 Å². The molecule has 1 fully saturated rings. The monoisotopic (exact) mass is 404 g/mol. The third kappa shape index (κ3) is 5.38. The standard InChI is InChI=1S/C23H24N4O3/c28-18-24-20-8-10-27-17-21(25-23(27)16-20)5-2-19-3-6-22(7-4-19)30-13-1-9-26-11-14-29-15-12-26/h3-4,6-8,10,16-18H,1,9,11-15H2,(H,24,28). The Kier molecular flexibility index (Phi) is 6.60. The fraction of sp³-hybridized carbons (Fsp3) is 0.304. The fourth-order valence-corrected chi connectivity index (χ4v) is 3.27. The van der Waals surface area contributed by atoms with Crippen LogP contribution in [0.3, 0.4) is 0 Å². The van der Waals surface area contributed by atoms with E-state index in [1.54, 1.807) is 12.1 Å². The molecular formula is C23H24N4O3. The van der Waals surface area contributed by atoms with Crippen molar-refractivity contribution in [2.75, 3.05) is 44.8 Å². The van der Waals surface area contributed by atoms with Gasteiger partial charge in [0.05, 0.1) is 19.8 Å². The van der Waals surface area contributed by atoms with Gasteiger partial charge in [0.25, 0.3) is 0 Å². The summed E-state index contributed by atoms with van der Waals surface area (Å²) in [6.45, 7) is 5.42. The van der Waals surface area contributed by atoms with E-state index in [9.17, 15) is 4.79 Å². The molecule has 7 nitrogen and oxygen atoms in total. The van der Waals surface area contributed by atoms with E-state index >= 15 is 0 Å². The van der Waals surface area contributed by atoms with E-state index in [0.29, 0.717) is 24.4 Å². The van der Waals surface area contributed by atoms with E-state index in [0.717, 1.165) is 56.2 Å². The number of imidazole rings is 1. The largest absolute Gasteiger partial charge is 0.494 e. The van der Waals surface area contributed by atoms with Crippen LogP contribution in [0, 0.1) is 11.8 Å². The number of anilines is 1. The van der Waals surface area contributed by atoms with Crippen molar-refractivity contribution in [1.29, 1.82) is 0 Å². The fourth-order valence-electron chi connectivity index (χ4n) is 3.27. The Morgan fingerprint density at radius 3 is 2.80 bits per heavy atom. The molecule has 154 valence electrons. The first-order chi connectivity index (χ1) is 14.8. The van der Waals surface area contributed by atoms with E-state index < -0.39 is 0 Å². The maximum atomic E-state index is 10.6. The summed E-state index contributed by atoms with van der Waals surface area (Å²) >= 11 is 0. The van der Waals surface area contributed by atoms with Crippen LogP contribution in [0.2, 0.25) is 0 Å². The molecule has 1 aliphatic rings. The Balaban J connectivity index is 1.30. The molecule has 1 aromatic carbocycles. The van der Waals surface area contributed by atoms with Crippen molar-refractivity contribution in [1.82, 2.24) is 14.3 Å². The second kappa shape index (κ2) is 9.92. The summed E-state index contributed by atoms with van der Waals surface area (Å²) in [5, 5.41) is 2.62. The summed E-state index contributed by atoms with van der Waals surface area (Å²) in [5.41, 5.74) is 2.99. The Morgan fingerprint density at radius 1 is 1.17 bits per heavy atom.